The number of fused-ring (bicyclic) bond motifs is 2. The monoisotopic (exact) mass is 383 g/mol. The number of hydrogen-bond acceptors (Lipinski definition) is 2. The average molecular weight is 383 g/mol. The standard InChI is InChI=1S/C15H14INO3/c16-10-3-5-11(6-4-10)17-14(18)12-8-1-2-9(7-8)13(12)15(19)20/h1-6,8-9,12-13H,7H2,(H,17,18)(H,19,20)/t8-,9+,12+,13-/m0/s1. The number of allylic oxidation sites excluding steroid dienone is 2. The van der Waals surface area contributed by atoms with E-state index in [2.05, 4.69) is 27.9 Å². The number of carboxylic acids is 1. The Morgan fingerprint density at radius 3 is 2.30 bits per heavy atom. The van der Waals surface area contributed by atoms with Crippen molar-refractivity contribution in [2.45, 2.75) is 6.42 Å². The Kier molecular flexibility index (Phi) is 3.54. The van der Waals surface area contributed by atoms with Crippen molar-refractivity contribution in [2.24, 2.45) is 23.7 Å². The van der Waals surface area contributed by atoms with Gasteiger partial charge in [-0.05, 0) is 65.1 Å². The molecular weight excluding hydrogens is 369 g/mol. The molecule has 3 rings (SSSR count). The average Bonchev–Trinajstić information content (AvgIpc) is 3.01. The minimum absolute atomic E-state index is 0.00460. The van der Waals surface area contributed by atoms with E-state index in [0.29, 0.717) is 5.69 Å². The number of amides is 1. The summed E-state index contributed by atoms with van der Waals surface area (Å²) in [6.07, 6.45) is 4.71. The van der Waals surface area contributed by atoms with Crippen LogP contribution in [0, 0.1) is 27.2 Å². The van der Waals surface area contributed by atoms with E-state index in [-0.39, 0.29) is 17.7 Å². The highest BCUT2D eigenvalue weighted by Gasteiger charge is 2.51. The Balaban J connectivity index is 1.78. The third-order valence-corrected chi connectivity index (χ3v) is 4.88. The maximum absolute atomic E-state index is 12.4. The molecule has 1 aromatic rings. The number of hydrogen-bond donors (Lipinski definition) is 2. The Morgan fingerprint density at radius 1 is 1.10 bits per heavy atom. The van der Waals surface area contributed by atoms with Crippen molar-refractivity contribution >= 4 is 40.2 Å². The van der Waals surface area contributed by atoms with Gasteiger partial charge in [0.2, 0.25) is 5.91 Å². The summed E-state index contributed by atoms with van der Waals surface area (Å²) in [5, 5.41) is 12.2. The van der Waals surface area contributed by atoms with Gasteiger partial charge < -0.3 is 10.4 Å². The molecule has 0 aliphatic heterocycles. The van der Waals surface area contributed by atoms with Gasteiger partial charge >= 0.3 is 5.97 Å². The highest BCUT2D eigenvalue weighted by atomic mass is 127. The van der Waals surface area contributed by atoms with Crippen LogP contribution in [0.1, 0.15) is 6.42 Å². The number of benzene rings is 1. The maximum Gasteiger partial charge on any atom is 0.307 e. The first kappa shape index (κ1) is 13.6. The lowest BCUT2D eigenvalue weighted by Gasteiger charge is -2.23. The van der Waals surface area contributed by atoms with E-state index in [1.807, 2.05) is 36.4 Å². The van der Waals surface area contributed by atoms with Crippen LogP contribution in [0.3, 0.4) is 0 Å². The lowest BCUT2D eigenvalue weighted by molar-refractivity contribution is -0.146. The van der Waals surface area contributed by atoms with Gasteiger partial charge in [-0.3, -0.25) is 9.59 Å². The predicted octanol–water partition coefficient (Wildman–Crippen LogP) is 2.75. The Hall–Kier alpha value is -1.37. The predicted molar refractivity (Wildman–Crippen MR) is 83.1 cm³/mol. The normalized spacial score (nSPS) is 30.4. The van der Waals surface area contributed by atoms with Gasteiger partial charge in [0.25, 0.3) is 0 Å². The first-order chi connectivity index (χ1) is 9.56. The van der Waals surface area contributed by atoms with E-state index in [4.69, 9.17) is 0 Å². The summed E-state index contributed by atoms with van der Waals surface area (Å²) in [4.78, 5) is 23.8. The zero-order valence-corrected chi connectivity index (χ0v) is 12.8. The maximum atomic E-state index is 12.4. The molecule has 5 heteroatoms. The van der Waals surface area contributed by atoms with Crippen LogP contribution in [0.25, 0.3) is 0 Å². The van der Waals surface area contributed by atoms with Crippen molar-refractivity contribution in [2.75, 3.05) is 5.32 Å². The van der Waals surface area contributed by atoms with E-state index in [1.165, 1.54) is 0 Å². The topological polar surface area (TPSA) is 66.4 Å². The Morgan fingerprint density at radius 2 is 1.70 bits per heavy atom. The van der Waals surface area contributed by atoms with E-state index < -0.39 is 17.8 Å². The number of aliphatic carboxylic acids is 1. The molecule has 1 saturated carbocycles. The van der Waals surface area contributed by atoms with Crippen molar-refractivity contribution in [1.29, 1.82) is 0 Å². The quantitative estimate of drug-likeness (QED) is 0.623. The van der Waals surface area contributed by atoms with Gasteiger partial charge in [0.1, 0.15) is 0 Å². The van der Waals surface area contributed by atoms with Gasteiger partial charge in [-0.1, -0.05) is 12.2 Å². The number of anilines is 1. The highest BCUT2D eigenvalue weighted by Crippen LogP contribution is 2.48. The summed E-state index contributed by atoms with van der Waals surface area (Å²) < 4.78 is 1.09. The third-order valence-electron chi connectivity index (χ3n) is 4.16. The van der Waals surface area contributed by atoms with Crippen LogP contribution in [0.2, 0.25) is 0 Å². The number of rotatable bonds is 3. The van der Waals surface area contributed by atoms with Crippen LogP contribution in [0.5, 0.6) is 0 Å². The molecule has 1 fully saturated rings. The van der Waals surface area contributed by atoms with Gasteiger partial charge in [0.05, 0.1) is 11.8 Å². The van der Waals surface area contributed by atoms with Gasteiger partial charge in [-0.2, -0.15) is 0 Å². The number of halogens is 1. The molecule has 2 aliphatic carbocycles. The zero-order chi connectivity index (χ0) is 14.3. The molecule has 4 nitrogen and oxygen atoms in total. The van der Waals surface area contributed by atoms with Crippen molar-refractivity contribution in [3.63, 3.8) is 0 Å². The summed E-state index contributed by atoms with van der Waals surface area (Å²) in [5.41, 5.74) is 0.714. The summed E-state index contributed by atoms with van der Waals surface area (Å²) in [6, 6.07) is 7.48. The molecule has 4 atom stereocenters. The fraction of sp³-hybridized carbons (Fsp3) is 0.333. The molecule has 2 bridgehead atoms. The van der Waals surface area contributed by atoms with E-state index in [9.17, 15) is 14.7 Å². The highest BCUT2D eigenvalue weighted by molar-refractivity contribution is 14.1. The van der Waals surface area contributed by atoms with Crippen LogP contribution in [-0.4, -0.2) is 17.0 Å². The van der Waals surface area contributed by atoms with Crippen LogP contribution >= 0.6 is 22.6 Å². The molecule has 0 spiro atoms. The largest absolute Gasteiger partial charge is 0.481 e. The summed E-state index contributed by atoms with van der Waals surface area (Å²) in [6.45, 7) is 0. The zero-order valence-electron chi connectivity index (χ0n) is 10.6. The molecule has 2 aliphatic rings. The number of carboxylic acid groups (broad SMARTS) is 1. The van der Waals surface area contributed by atoms with Crippen molar-refractivity contribution in [1.82, 2.24) is 0 Å². The molecule has 0 heterocycles. The van der Waals surface area contributed by atoms with Crippen LogP contribution in [0.4, 0.5) is 5.69 Å². The Bertz CT molecular complexity index is 581. The van der Waals surface area contributed by atoms with Gasteiger partial charge in [-0.15, -0.1) is 0 Å². The fourth-order valence-corrected chi connectivity index (χ4v) is 3.63. The van der Waals surface area contributed by atoms with Crippen molar-refractivity contribution in [3.05, 3.63) is 40.0 Å². The fourth-order valence-electron chi connectivity index (χ4n) is 3.28. The van der Waals surface area contributed by atoms with Gasteiger partial charge in [0, 0.05) is 9.26 Å². The second-order valence-electron chi connectivity index (χ2n) is 5.33. The Labute approximate surface area is 130 Å². The van der Waals surface area contributed by atoms with Crippen LogP contribution in [-0.2, 0) is 9.59 Å². The summed E-state index contributed by atoms with van der Waals surface area (Å²) in [7, 11) is 0. The molecule has 1 amide bonds. The van der Waals surface area contributed by atoms with Crippen molar-refractivity contribution < 1.29 is 14.7 Å². The molecule has 2 N–H and O–H groups in total. The minimum Gasteiger partial charge on any atom is -0.481 e. The second kappa shape index (κ2) is 5.20. The van der Waals surface area contributed by atoms with E-state index >= 15 is 0 Å². The number of nitrogens with one attached hydrogen (secondary N) is 1. The lowest BCUT2D eigenvalue weighted by Crippen LogP contribution is -2.36. The van der Waals surface area contributed by atoms with Crippen molar-refractivity contribution in [3.8, 4) is 0 Å². The number of carbonyl (C=O) groups is 2. The van der Waals surface area contributed by atoms with Crippen LogP contribution < -0.4 is 5.32 Å². The molecule has 104 valence electrons. The number of carbonyl (C=O) groups excluding carboxylic acids is 1. The molecule has 1 aromatic carbocycles. The second-order valence-corrected chi connectivity index (χ2v) is 6.58. The molecule has 0 aromatic heterocycles. The van der Waals surface area contributed by atoms with Gasteiger partial charge in [0.15, 0.2) is 0 Å². The summed E-state index contributed by atoms with van der Waals surface area (Å²) in [5.74, 6) is -2.04. The minimum atomic E-state index is -0.871. The molecule has 0 unspecified atom stereocenters. The lowest BCUT2D eigenvalue weighted by atomic mass is 9.82. The third kappa shape index (κ3) is 2.34. The smallest absolute Gasteiger partial charge is 0.307 e. The summed E-state index contributed by atoms with van der Waals surface area (Å²) >= 11 is 2.20. The SMILES string of the molecule is O=C(O)[C@@H]1[C@H](C(=O)Nc2ccc(I)cc2)[C@H]2C=C[C@@H]1C2. The first-order valence-electron chi connectivity index (χ1n) is 6.54. The van der Waals surface area contributed by atoms with Crippen LogP contribution in [0.15, 0.2) is 36.4 Å². The molecule has 20 heavy (non-hydrogen) atoms. The van der Waals surface area contributed by atoms with E-state index in [0.717, 1.165) is 9.99 Å². The molecule has 0 saturated heterocycles. The van der Waals surface area contributed by atoms with E-state index in [1.54, 1.807) is 0 Å². The van der Waals surface area contributed by atoms with Gasteiger partial charge in [-0.25, -0.2) is 0 Å². The molecule has 0 radical (unpaired) electrons. The first-order valence-corrected chi connectivity index (χ1v) is 7.61. The molecular formula is C15H14INO3.